The maximum atomic E-state index is 11.9. The standard InChI is InChI=1S/C9H11N3O4S2/c1-16-8(13)7-9(17-6-11-7)18(14,15)12-5-3-2-4-10/h6,12H,2-3,5H2,1H3. The Balaban J connectivity index is 2.83. The van der Waals surface area contributed by atoms with Crippen molar-refractivity contribution in [3.05, 3.63) is 11.2 Å². The van der Waals surface area contributed by atoms with Crippen LogP contribution >= 0.6 is 11.3 Å². The molecule has 18 heavy (non-hydrogen) atoms. The fourth-order valence-electron chi connectivity index (χ4n) is 1.10. The number of rotatable bonds is 6. The van der Waals surface area contributed by atoms with Gasteiger partial charge in [-0.15, -0.1) is 11.3 Å². The molecule has 0 aromatic carbocycles. The van der Waals surface area contributed by atoms with E-state index in [0.29, 0.717) is 6.42 Å². The van der Waals surface area contributed by atoms with E-state index in [0.717, 1.165) is 18.4 Å². The summed E-state index contributed by atoms with van der Waals surface area (Å²) >= 11 is 0.837. The van der Waals surface area contributed by atoms with Crippen LogP contribution in [0.1, 0.15) is 23.3 Å². The summed E-state index contributed by atoms with van der Waals surface area (Å²) in [7, 11) is -2.64. The Labute approximate surface area is 108 Å². The summed E-state index contributed by atoms with van der Waals surface area (Å²) in [5.41, 5.74) is 1.03. The summed E-state index contributed by atoms with van der Waals surface area (Å²) in [6.45, 7) is 0.133. The molecule has 0 bridgehead atoms. The van der Waals surface area contributed by atoms with Crippen LogP contribution in [0.5, 0.6) is 0 Å². The van der Waals surface area contributed by atoms with Crippen LogP contribution < -0.4 is 4.72 Å². The van der Waals surface area contributed by atoms with Crippen molar-refractivity contribution < 1.29 is 17.9 Å². The van der Waals surface area contributed by atoms with Crippen LogP contribution in [-0.2, 0) is 14.8 Å². The number of aromatic nitrogens is 1. The van der Waals surface area contributed by atoms with E-state index in [2.05, 4.69) is 14.4 Å². The third kappa shape index (κ3) is 3.49. The largest absolute Gasteiger partial charge is 0.464 e. The average Bonchev–Trinajstić information content (AvgIpc) is 2.83. The van der Waals surface area contributed by atoms with Gasteiger partial charge < -0.3 is 4.74 Å². The molecule has 9 heteroatoms. The summed E-state index contributed by atoms with van der Waals surface area (Å²) < 4.78 is 30.3. The number of nitrogens with zero attached hydrogens (tertiary/aromatic N) is 2. The molecule has 0 saturated carbocycles. The zero-order valence-corrected chi connectivity index (χ0v) is 11.2. The Bertz CT molecular complexity index is 559. The molecule has 1 N–H and O–H groups in total. The molecule has 0 fully saturated rings. The summed E-state index contributed by atoms with van der Waals surface area (Å²) in [4.78, 5) is 15.0. The highest BCUT2D eigenvalue weighted by atomic mass is 32.2. The highest BCUT2D eigenvalue weighted by Crippen LogP contribution is 2.20. The SMILES string of the molecule is COC(=O)c1ncsc1S(=O)(=O)NCCCC#N. The molecule has 0 aliphatic rings. The fraction of sp³-hybridized carbons (Fsp3) is 0.444. The molecular weight excluding hydrogens is 278 g/mol. The van der Waals surface area contributed by atoms with Crippen molar-refractivity contribution in [3.8, 4) is 6.07 Å². The van der Waals surface area contributed by atoms with Crippen LogP contribution in [0.25, 0.3) is 0 Å². The number of sulfonamides is 1. The zero-order chi connectivity index (χ0) is 13.6. The van der Waals surface area contributed by atoms with E-state index < -0.39 is 16.0 Å². The van der Waals surface area contributed by atoms with Crippen LogP contribution in [0, 0.1) is 11.3 Å². The second-order valence-corrected chi connectivity index (χ2v) is 5.96. The molecule has 0 radical (unpaired) electrons. The van der Waals surface area contributed by atoms with Gasteiger partial charge in [0, 0.05) is 13.0 Å². The molecule has 1 rings (SSSR count). The zero-order valence-electron chi connectivity index (χ0n) is 9.54. The van der Waals surface area contributed by atoms with Crippen LogP contribution in [0.4, 0.5) is 0 Å². The van der Waals surface area contributed by atoms with Crippen molar-refractivity contribution in [3.63, 3.8) is 0 Å². The van der Waals surface area contributed by atoms with Crippen molar-refractivity contribution in [1.82, 2.24) is 9.71 Å². The van der Waals surface area contributed by atoms with Crippen molar-refractivity contribution in [2.24, 2.45) is 0 Å². The first-order chi connectivity index (χ1) is 8.53. The molecule has 1 aromatic heterocycles. The summed E-state index contributed by atoms with van der Waals surface area (Å²) in [5, 5.41) is 8.33. The third-order valence-corrected chi connectivity index (χ3v) is 4.75. The number of nitrogens with one attached hydrogen (secondary N) is 1. The van der Waals surface area contributed by atoms with E-state index in [1.54, 1.807) is 0 Å². The van der Waals surface area contributed by atoms with Crippen LogP contribution in [0.2, 0.25) is 0 Å². The van der Waals surface area contributed by atoms with E-state index in [1.165, 1.54) is 5.51 Å². The van der Waals surface area contributed by atoms with Gasteiger partial charge in [0.2, 0.25) is 0 Å². The normalized spacial score (nSPS) is 10.9. The summed E-state index contributed by atoms with van der Waals surface area (Å²) in [6.07, 6.45) is 0.664. The molecule has 98 valence electrons. The second kappa shape index (κ2) is 6.44. The Hall–Kier alpha value is -1.50. The topological polar surface area (TPSA) is 109 Å². The molecular formula is C9H11N3O4S2. The predicted molar refractivity (Wildman–Crippen MR) is 63.5 cm³/mol. The minimum Gasteiger partial charge on any atom is -0.464 e. The number of hydrogen-bond acceptors (Lipinski definition) is 7. The lowest BCUT2D eigenvalue weighted by molar-refractivity contribution is 0.0590. The van der Waals surface area contributed by atoms with Gasteiger partial charge in [-0.05, 0) is 6.42 Å². The first kappa shape index (κ1) is 14.6. The predicted octanol–water partition coefficient (Wildman–Crippen LogP) is 0.512. The number of unbranched alkanes of at least 4 members (excludes halogenated alkanes) is 1. The Morgan fingerprint density at radius 2 is 2.39 bits per heavy atom. The molecule has 1 aromatic rings. The number of carbonyl (C=O) groups excluding carboxylic acids is 1. The van der Waals surface area contributed by atoms with Gasteiger partial charge in [-0.2, -0.15) is 5.26 Å². The number of carbonyl (C=O) groups is 1. The van der Waals surface area contributed by atoms with Crippen LogP contribution in [0.15, 0.2) is 9.72 Å². The number of thiazole rings is 1. The molecule has 0 saturated heterocycles. The minimum atomic E-state index is -3.79. The first-order valence-electron chi connectivity index (χ1n) is 4.91. The van der Waals surface area contributed by atoms with Gasteiger partial charge in [-0.25, -0.2) is 22.9 Å². The van der Waals surface area contributed by atoms with E-state index in [-0.39, 0.29) is 22.9 Å². The van der Waals surface area contributed by atoms with Crippen molar-refractivity contribution in [2.75, 3.05) is 13.7 Å². The van der Waals surface area contributed by atoms with Gasteiger partial charge >= 0.3 is 5.97 Å². The number of hydrogen-bond donors (Lipinski definition) is 1. The Morgan fingerprint density at radius 1 is 1.67 bits per heavy atom. The molecule has 1 heterocycles. The molecule has 0 unspecified atom stereocenters. The molecule has 0 amide bonds. The van der Waals surface area contributed by atoms with E-state index in [9.17, 15) is 13.2 Å². The summed E-state index contributed by atoms with van der Waals surface area (Å²) in [6, 6.07) is 1.91. The number of ether oxygens (including phenoxy) is 1. The maximum absolute atomic E-state index is 11.9. The Morgan fingerprint density at radius 3 is 3.00 bits per heavy atom. The maximum Gasteiger partial charge on any atom is 0.358 e. The monoisotopic (exact) mass is 289 g/mol. The van der Waals surface area contributed by atoms with Gasteiger partial charge in [-0.3, -0.25) is 0 Å². The van der Waals surface area contributed by atoms with Gasteiger partial charge in [-0.1, -0.05) is 0 Å². The van der Waals surface area contributed by atoms with Crippen LogP contribution in [-0.4, -0.2) is 33.0 Å². The van der Waals surface area contributed by atoms with Crippen LogP contribution in [0.3, 0.4) is 0 Å². The second-order valence-electron chi connectivity index (χ2n) is 3.14. The number of methoxy groups -OCH3 is 1. The smallest absolute Gasteiger partial charge is 0.358 e. The van der Waals surface area contributed by atoms with Crippen molar-refractivity contribution >= 4 is 27.3 Å². The molecule has 0 spiro atoms. The number of nitriles is 1. The van der Waals surface area contributed by atoms with E-state index in [1.807, 2.05) is 6.07 Å². The van der Waals surface area contributed by atoms with Gasteiger partial charge in [0.25, 0.3) is 10.0 Å². The quantitative estimate of drug-likeness (QED) is 0.603. The van der Waals surface area contributed by atoms with E-state index >= 15 is 0 Å². The summed E-state index contributed by atoms with van der Waals surface area (Å²) in [5.74, 6) is -0.798. The first-order valence-corrected chi connectivity index (χ1v) is 7.27. The average molecular weight is 289 g/mol. The molecule has 0 aliphatic heterocycles. The van der Waals surface area contributed by atoms with Crippen molar-refractivity contribution in [2.45, 2.75) is 17.1 Å². The fourth-order valence-corrected chi connectivity index (χ4v) is 3.35. The van der Waals surface area contributed by atoms with Gasteiger partial charge in [0.05, 0.1) is 18.7 Å². The third-order valence-electron chi connectivity index (χ3n) is 1.92. The van der Waals surface area contributed by atoms with Gasteiger partial charge in [0.15, 0.2) is 9.90 Å². The van der Waals surface area contributed by atoms with Crippen molar-refractivity contribution in [1.29, 1.82) is 5.26 Å². The number of esters is 1. The molecule has 0 aliphatic carbocycles. The lowest BCUT2D eigenvalue weighted by Gasteiger charge is -2.04. The lowest BCUT2D eigenvalue weighted by atomic mass is 10.3. The highest BCUT2D eigenvalue weighted by molar-refractivity contribution is 7.91. The molecule has 7 nitrogen and oxygen atoms in total. The van der Waals surface area contributed by atoms with E-state index in [4.69, 9.17) is 5.26 Å². The molecule has 0 atom stereocenters. The minimum absolute atomic E-state index is 0.133. The van der Waals surface area contributed by atoms with Gasteiger partial charge in [0.1, 0.15) is 0 Å². The highest BCUT2D eigenvalue weighted by Gasteiger charge is 2.25. The Kier molecular flexibility index (Phi) is 5.21. The lowest BCUT2D eigenvalue weighted by Crippen LogP contribution is -2.25.